The molecule has 184 valence electrons. The molecule has 35 heavy (non-hydrogen) atoms. The highest BCUT2D eigenvalue weighted by Crippen LogP contribution is 2.34. The summed E-state index contributed by atoms with van der Waals surface area (Å²) < 4.78 is 40.0. The van der Waals surface area contributed by atoms with Crippen LogP contribution in [0.2, 0.25) is 0 Å². The molecular formula is C24H26F3N7O. The second kappa shape index (κ2) is 10.4. The molecule has 1 aromatic heterocycles. The van der Waals surface area contributed by atoms with E-state index in [1.807, 2.05) is 13.8 Å². The highest BCUT2D eigenvalue weighted by Gasteiger charge is 2.31. The highest BCUT2D eigenvalue weighted by molar-refractivity contribution is 5.94. The third-order valence-corrected chi connectivity index (χ3v) is 4.92. The Hall–Kier alpha value is -4.15. The molecule has 3 aromatic rings. The van der Waals surface area contributed by atoms with Gasteiger partial charge < -0.3 is 22.1 Å². The Bertz CT molecular complexity index is 1220. The Morgan fingerprint density at radius 3 is 2.43 bits per heavy atom. The lowest BCUT2D eigenvalue weighted by Crippen LogP contribution is -2.25. The van der Waals surface area contributed by atoms with Gasteiger partial charge in [-0.3, -0.25) is 15.2 Å². The molecule has 0 spiro atoms. The molecule has 0 aliphatic rings. The zero-order chi connectivity index (χ0) is 25.8. The van der Waals surface area contributed by atoms with Crippen LogP contribution in [0.1, 0.15) is 36.2 Å². The Morgan fingerprint density at radius 1 is 1.14 bits per heavy atom. The first-order valence-electron chi connectivity index (χ1n) is 10.7. The number of benzene rings is 2. The van der Waals surface area contributed by atoms with Crippen LogP contribution in [0.3, 0.4) is 0 Å². The summed E-state index contributed by atoms with van der Waals surface area (Å²) in [5, 5.41) is 13.3. The molecule has 0 atom stereocenters. The van der Waals surface area contributed by atoms with Crippen molar-refractivity contribution in [2.24, 2.45) is 5.73 Å². The fourth-order valence-corrected chi connectivity index (χ4v) is 3.33. The van der Waals surface area contributed by atoms with Gasteiger partial charge >= 0.3 is 6.18 Å². The number of nitrogens with two attached hydrogens (primary N) is 2. The average molecular weight is 486 g/mol. The number of aromatic nitrogens is 2. The van der Waals surface area contributed by atoms with Crippen LogP contribution in [-0.4, -0.2) is 27.8 Å². The van der Waals surface area contributed by atoms with E-state index in [1.165, 1.54) is 12.3 Å². The van der Waals surface area contributed by atoms with Crippen LogP contribution in [-0.2, 0) is 23.9 Å². The van der Waals surface area contributed by atoms with E-state index < -0.39 is 17.6 Å². The van der Waals surface area contributed by atoms with Gasteiger partial charge in [0.2, 0.25) is 5.91 Å². The SMILES string of the molecule is CC(C)Nc1cnc(-c2cc(N)cc(C(F)(F)F)c2)c(CC(=O)NCc2ccc(C(=N)N)cc2)n1. The Labute approximate surface area is 200 Å². The number of anilines is 2. The van der Waals surface area contributed by atoms with Crippen LogP contribution < -0.4 is 22.1 Å². The van der Waals surface area contributed by atoms with Crippen molar-refractivity contribution in [2.45, 2.75) is 39.0 Å². The van der Waals surface area contributed by atoms with Gasteiger partial charge in [-0.15, -0.1) is 0 Å². The summed E-state index contributed by atoms with van der Waals surface area (Å²) >= 11 is 0. The normalized spacial score (nSPS) is 11.4. The standard InChI is InChI=1S/C24H26F3N7O/c1-13(2)33-20-12-32-22(16-7-17(24(25,26)27)9-18(28)8-16)19(34-20)10-21(35)31-11-14-3-5-15(6-4-14)23(29)30/h3-9,12-13H,10-11,28H2,1-2H3,(H3,29,30)(H,31,35)(H,33,34). The van der Waals surface area contributed by atoms with E-state index in [0.717, 1.165) is 17.7 Å². The molecule has 11 heteroatoms. The number of nitrogens with one attached hydrogen (secondary N) is 3. The minimum atomic E-state index is -4.59. The van der Waals surface area contributed by atoms with E-state index in [0.29, 0.717) is 11.4 Å². The van der Waals surface area contributed by atoms with Crippen molar-refractivity contribution in [3.05, 3.63) is 71.0 Å². The Kier molecular flexibility index (Phi) is 7.58. The maximum atomic E-state index is 13.3. The molecule has 0 aliphatic heterocycles. The predicted octanol–water partition coefficient (Wildman–Crippen LogP) is 3.71. The molecule has 0 radical (unpaired) electrons. The molecular weight excluding hydrogens is 459 g/mol. The van der Waals surface area contributed by atoms with Crippen LogP contribution in [0.5, 0.6) is 0 Å². The maximum absolute atomic E-state index is 13.3. The van der Waals surface area contributed by atoms with Crippen LogP contribution in [0.15, 0.2) is 48.7 Å². The first kappa shape index (κ1) is 25.5. The van der Waals surface area contributed by atoms with Crippen molar-refractivity contribution in [1.82, 2.24) is 15.3 Å². The first-order valence-corrected chi connectivity index (χ1v) is 10.7. The monoisotopic (exact) mass is 485 g/mol. The van der Waals surface area contributed by atoms with E-state index in [4.69, 9.17) is 16.9 Å². The molecule has 1 amide bonds. The van der Waals surface area contributed by atoms with Crippen LogP contribution >= 0.6 is 0 Å². The molecule has 0 unspecified atom stereocenters. The zero-order valence-corrected chi connectivity index (χ0v) is 19.2. The number of halogens is 3. The Balaban J connectivity index is 1.87. The number of rotatable bonds is 8. The number of hydrogen-bond donors (Lipinski definition) is 5. The summed E-state index contributed by atoms with van der Waals surface area (Å²) in [7, 11) is 0. The summed E-state index contributed by atoms with van der Waals surface area (Å²) in [6, 6.07) is 10.00. The fraction of sp³-hybridized carbons (Fsp3) is 0.250. The van der Waals surface area contributed by atoms with Crippen LogP contribution in [0, 0.1) is 5.41 Å². The van der Waals surface area contributed by atoms with Crippen molar-refractivity contribution >= 4 is 23.2 Å². The molecule has 0 aliphatic carbocycles. The predicted molar refractivity (Wildman–Crippen MR) is 129 cm³/mol. The van der Waals surface area contributed by atoms with Gasteiger partial charge in [0.15, 0.2) is 0 Å². The Morgan fingerprint density at radius 2 is 1.83 bits per heavy atom. The summed E-state index contributed by atoms with van der Waals surface area (Å²) in [4.78, 5) is 21.5. The van der Waals surface area contributed by atoms with Gasteiger partial charge in [0.05, 0.1) is 29.6 Å². The van der Waals surface area contributed by atoms with Crippen molar-refractivity contribution in [2.75, 3.05) is 11.1 Å². The quantitative estimate of drug-likeness (QED) is 0.187. The third kappa shape index (κ3) is 6.92. The number of amidine groups is 1. The van der Waals surface area contributed by atoms with Crippen molar-refractivity contribution < 1.29 is 18.0 Å². The van der Waals surface area contributed by atoms with E-state index in [1.54, 1.807) is 24.3 Å². The third-order valence-electron chi connectivity index (χ3n) is 4.92. The largest absolute Gasteiger partial charge is 0.416 e. The lowest BCUT2D eigenvalue weighted by Gasteiger charge is -2.15. The minimum absolute atomic E-state index is 0.0269. The van der Waals surface area contributed by atoms with Gasteiger partial charge in [-0.05, 0) is 37.6 Å². The van der Waals surface area contributed by atoms with Crippen molar-refractivity contribution in [1.29, 1.82) is 5.41 Å². The molecule has 7 N–H and O–H groups in total. The number of carbonyl (C=O) groups excluding carboxylic acids is 1. The minimum Gasteiger partial charge on any atom is -0.399 e. The number of nitrogen functional groups attached to an aromatic ring is 2. The first-order chi connectivity index (χ1) is 16.4. The van der Waals surface area contributed by atoms with Gasteiger partial charge in [0.25, 0.3) is 0 Å². The molecule has 0 saturated heterocycles. The molecule has 0 fully saturated rings. The molecule has 1 heterocycles. The van der Waals surface area contributed by atoms with E-state index in [2.05, 4.69) is 20.6 Å². The summed E-state index contributed by atoms with van der Waals surface area (Å²) in [6.07, 6.45) is -3.40. The number of amides is 1. The van der Waals surface area contributed by atoms with Crippen LogP contribution in [0.25, 0.3) is 11.3 Å². The summed E-state index contributed by atoms with van der Waals surface area (Å²) in [5.41, 5.74) is 12.0. The number of alkyl halides is 3. The van der Waals surface area contributed by atoms with E-state index in [-0.39, 0.29) is 47.5 Å². The van der Waals surface area contributed by atoms with Gasteiger partial charge in [0, 0.05) is 29.4 Å². The van der Waals surface area contributed by atoms with Crippen LogP contribution in [0.4, 0.5) is 24.7 Å². The van der Waals surface area contributed by atoms with Gasteiger partial charge in [-0.1, -0.05) is 24.3 Å². The smallest absolute Gasteiger partial charge is 0.399 e. The topological polar surface area (TPSA) is 143 Å². The maximum Gasteiger partial charge on any atom is 0.416 e. The average Bonchev–Trinajstić information content (AvgIpc) is 2.76. The fourth-order valence-electron chi connectivity index (χ4n) is 3.33. The number of hydrogen-bond acceptors (Lipinski definition) is 6. The van der Waals surface area contributed by atoms with Gasteiger partial charge in [-0.2, -0.15) is 13.2 Å². The van der Waals surface area contributed by atoms with Crippen molar-refractivity contribution in [3.63, 3.8) is 0 Å². The molecule has 3 rings (SSSR count). The van der Waals surface area contributed by atoms with E-state index >= 15 is 0 Å². The molecule has 0 saturated carbocycles. The van der Waals surface area contributed by atoms with Gasteiger partial charge in [0.1, 0.15) is 11.7 Å². The zero-order valence-electron chi connectivity index (χ0n) is 19.2. The summed E-state index contributed by atoms with van der Waals surface area (Å²) in [5.74, 6) is -0.0547. The number of nitrogens with zero attached hydrogens (tertiary/aromatic N) is 2. The molecule has 8 nitrogen and oxygen atoms in total. The second-order valence-corrected chi connectivity index (χ2v) is 8.26. The summed E-state index contributed by atoms with van der Waals surface area (Å²) in [6.45, 7) is 4.00. The molecule has 2 aromatic carbocycles. The number of carbonyl (C=O) groups is 1. The second-order valence-electron chi connectivity index (χ2n) is 8.26. The van der Waals surface area contributed by atoms with Crippen molar-refractivity contribution in [3.8, 4) is 11.3 Å². The highest BCUT2D eigenvalue weighted by atomic mass is 19.4. The van der Waals surface area contributed by atoms with Gasteiger partial charge in [-0.25, -0.2) is 4.98 Å². The molecule has 0 bridgehead atoms. The lowest BCUT2D eigenvalue weighted by atomic mass is 10.0. The lowest BCUT2D eigenvalue weighted by molar-refractivity contribution is -0.137. The van der Waals surface area contributed by atoms with E-state index in [9.17, 15) is 18.0 Å².